The van der Waals surface area contributed by atoms with Crippen LogP contribution in [0.4, 0.5) is 15.8 Å². The van der Waals surface area contributed by atoms with Crippen LogP contribution in [0.5, 0.6) is 5.75 Å². The minimum absolute atomic E-state index is 0.344. The predicted molar refractivity (Wildman–Crippen MR) is 115 cm³/mol. The lowest BCUT2D eigenvalue weighted by Crippen LogP contribution is -2.12. The van der Waals surface area contributed by atoms with E-state index in [1.807, 2.05) is 36.4 Å². The number of pyridine rings is 1. The van der Waals surface area contributed by atoms with E-state index < -0.39 is 0 Å². The van der Waals surface area contributed by atoms with Crippen LogP contribution in [0.3, 0.4) is 0 Å². The first-order chi connectivity index (χ1) is 14.0. The summed E-state index contributed by atoms with van der Waals surface area (Å²) in [6, 6.07) is 15.5. The van der Waals surface area contributed by atoms with Crippen LogP contribution in [0.15, 0.2) is 54.6 Å². The summed E-state index contributed by atoms with van der Waals surface area (Å²) >= 11 is 1.23. The van der Waals surface area contributed by atoms with Gasteiger partial charge in [0.1, 0.15) is 21.3 Å². The Labute approximate surface area is 171 Å². The number of nitrogens with one attached hydrogen (secondary N) is 1. The van der Waals surface area contributed by atoms with Crippen LogP contribution < -0.4 is 15.8 Å². The van der Waals surface area contributed by atoms with Gasteiger partial charge >= 0.3 is 0 Å². The molecular formula is C22H18FN3O2S. The Bertz CT molecular complexity index is 1240. The van der Waals surface area contributed by atoms with Gasteiger partial charge in [-0.2, -0.15) is 0 Å². The van der Waals surface area contributed by atoms with Gasteiger partial charge in [-0.15, -0.1) is 11.3 Å². The number of fused-ring (bicyclic) bond motifs is 1. The number of carbonyl (C=O) groups is 1. The summed E-state index contributed by atoms with van der Waals surface area (Å²) in [6.45, 7) is 1.73. The predicted octanol–water partition coefficient (Wildman–Crippen LogP) is 5.25. The Morgan fingerprint density at radius 3 is 2.76 bits per heavy atom. The maximum atomic E-state index is 13.3. The Morgan fingerprint density at radius 1 is 1.17 bits per heavy atom. The molecule has 0 saturated heterocycles. The molecule has 0 aliphatic heterocycles. The molecule has 2 aromatic heterocycles. The first-order valence-corrected chi connectivity index (χ1v) is 9.69. The van der Waals surface area contributed by atoms with Gasteiger partial charge in [-0.25, -0.2) is 9.37 Å². The Balaban J connectivity index is 1.68. The molecule has 29 heavy (non-hydrogen) atoms. The molecule has 5 nitrogen and oxygen atoms in total. The van der Waals surface area contributed by atoms with Crippen LogP contribution in [0, 0.1) is 12.7 Å². The Kier molecular flexibility index (Phi) is 4.90. The fourth-order valence-electron chi connectivity index (χ4n) is 3.06. The fraction of sp³-hybridized carbons (Fsp3) is 0.0909. The number of rotatable bonds is 4. The van der Waals surface area contributed by atoms with Crippen molar-refractivity contribution < 1.29 is 13.9 Å². The van der Waals surface area contributed by atoms with Crippen LogP contribution in [0.1, 0.15) is 15.2 Å². The van der Waals surface area contributed by atoms with E-state index in [2.05, 4.69) is 10.3 Å². The number of halogens is 1. The van der Waals surface area contributed by atoms with Gasteiger partial charge in [0, 0.05) is 16.6 Å². The summed E-state index contributed by atoms with van der Waals surface area (Å²) < 4.78 is 18.6. The van der Waals surface area contributed by atoms with E-state index in [-0.39, 0.29) is 11.7 Å². The highest BCUT2D eigenvalue weighted by atomic mass is 32.1. The minimum atomic E-state index is -0.351. The average Bonchev–Trinajstić information content (AvgIpc) is 3.06. The quantitative estimate of drug-likeness (QED) is 0.484. The third-order valence-electron chi connectivity index (χ3n) is 4.60. The average molecular weight is 407 g/mol. The van der Waals surface area contributed by atoms with Gasteiger partial charge < -0.3 is 15.8 Å². The number of hydrogen-bond acceptors (Lipinski definition) is 5. The maximum Gasteiger partial charge on any atom is 0.267 e. The van der Waals surface area contributed by atoms with Crippen molar-refractivity contribution in [2.24, 2.45) is 0 Å². The molecule has 0 radical (unpaired) electrons. The van der Waals surface area contributed by atoms with Crippen LogP contribution in [0.2, 0.25) is 0 Å². The van der Waals surface area contributed by atoms with E-state index in [9.17, 15) is 9.18 Å². The van der Waals surface area contributed by atoms with Crippen molar-refractivity contribution in [2.45, 2.75) is 6.92 Å². The maximum absolute atomic E-state index is 13.3. The molecule has 2 aromatic carbocycles. The van der Waals surface area contributed by atoms with Crippen molar-refractivity contribution in [1.29, 1.82) is 0 Å². The lowest BCUT2D eigenvalue weighted by molar-refractivity contribution is 0.103. The number of aryl methyl sites for hydroxylation is 1. The molecule has 4 rings (SSSR count). The minimum Gasteiger partial charge on any atom is -0.497 e. The molecule has 1 amide bonds. The third-order valence-corrected chi connectivity index (χ3v) is 5.72. The van der Waals surface area contributed by atoms with Gasteiger partial charge in [-0.3, -0.25) is 4.79 Å². The summed E-state index contributed by atoms with van der Waals surface area (Å²) in [4.78, 5) is 18.5. The van der Waals surface area contributed by atoms with Crippen molar-refractivity contribution in [3.8, 4) is 17.0 Å². The molecule has 3 N–H and O–H groups in total. The van der Waals surface area contributed by atoms with Crippen molar-refractivity contribution in [3.63, 3.8) is 0 Å². The van der Waals surface area contributed by atoms with Crippen molar-refractivity contribution in [1.82, 2.24) is 4.98 Å². The molecule has 0 atom stereocenters. The molecular weight excluding hydrogens is 389 g/mol. The molecule has 0 aliphatic rings. The highest BCUT2D eigenvalue weighted by molar-refractivity contribution is 7.21. The number of aromatic nitrogens is 1. The van der Waals surface area contributed by atoms with Crippen LogP contribution in [-0.4, -0.2) is 18.0 Å². The third kappa shape index (κ3) is 3.64. The zero-order valence-electron chi connectivity index (χ0n) is 15.8. The van der Waals surface area contributed by atoms with E-state index in [1.165, 1.54) is 29.5 Å². The van der Waals surface area contributed by atoms with E-state index >= 15 is 0 Å². The Hall–Kier alpha value is -3.45. The summed E-state index contributed by atoms with van der Waals surface area (Å²) in [6.07, 6.45) is 0. The zero-order chi connectivity index (χ0) is 20.5. The second-order valence-corrected chi connectivity index (χ2v) is 7.54. The van der Waals surface area contributed by atoms with Crippen LogP contribution in [-0.2, 0) is 0 Å². The monoisotopic (exact) mass is 407 g/mol. The molecule has 0 aliphatic carbocycles. The standard InChI is InChI=1S/C22H18FN3O2S/c1-12-10-14(23)6-8-17(12)25-21(27)20-19(24)16-7-9-18(26-22(16)29-20)13-4-3-5-15(11-13)28-2/h3-11H,24H2,1-2H3,(H,25,27). The van der Waals surface area contributed by atoms with E-state index in [1.54, 1.807) is 14.0 Å². The number of ether oxygens (including phenoxy) is 1. The smallest absolute Gasteiger partial charge is 0.267 e. The normalized spacial score (nSPS) is 10.9. The number of methoxy groups -OCH3 is 1. The summed E-state index contributed by atoms with van der Waals surface area (Å²) in [5.74, 6) is 0.0455. The van der Waals surface area contributed by atoms with Crippen molar-refractivity contribution in [2.75, 3.05) is 18.2 Å². The molecule has 0 spiro atoms. The first-order valence-electron chi connectivity index (χ1n) is 8.87. The van der Waals surface area contributed by atoms with Crippen LogP contribution >= 0.6 is 11.3 Å². The highest BCUT2D eigenvalue weighted by Gasteiger charge is 2.18. The highest BCUT2D eigenvalue weighted by Crippen LogP contribution is 2.35. The summed E-state index contributed by atoms with van der Waals surface area (Å²) in [5, 5.41) is 3.52. The lowest BCUT2D eigenvalue weighted by atomic mass is 10.1. The molecule has 4 aromatic rings. The van der Waals surface area contributed by atoms with E-state index in [4.69, 9.17) is 10.5 Å². The molecule has 0 fully saturated rings. The van der Waals surface area contributed by atoms with Gasteiger partial charge in [-0.1, -0.05) is 12.1 Å². The Morgan fingerprint density at radius 2 is 2.00 bits per heavy atom. The molecule has 0 saturated carbocycles. The first kappa shape index (κ1) is 18.9. The van der Waals surface area contributed by atoms with Gasteiger partial charge in [0.25, 0.3) is 5.91 Å². The van der Waals surface area contributed by atoms with Gasteiger partial charge in [0.05, 0.1) is 18.5 Å². The van der Waals surface area contributed by atoms with Gasteiger partial charge in [-0.05, 0) is 55.0 Å². The number of hydrogen-bond donors (Lipinski definition) is 2. The van der Waals surface area contributed by atoms with Crippen molar-refractivity contribution >= 4 is 38.8 Å². The number of benzene rings is 2. The zero-order valence-corrected chi connectivity index (χ0v) is 16.6. The molecule has 0 bridgehead atoms. The number of thiophene rings is 1. The van der Waals surface area contributed by atoms with Crippen LogP contribution in [0.25, 0.3) is 21.5 Å². The van der Waals surface area contributed by atoms with E-state index in [0.717, 1.165) is 22.4 Å². The number of nitrogens with two attached hydrogens (primary N) is 1. The number of carbonyl (C=O) groups excluding carboxylic acids is 1. The molecule has 146 valence electrons. The van der Waals surface area contributed by atoms with Crippen molar-refractivity contribution in [3.05, 3.63) is 70.9 Å². The lowest BCUT2D eigenvalue weighted by Gasteiger charge is -2.07. The summed E-state index contributed by atoms with van der Waals surface area (Å²) in [7, 11) is 1.61. The largest absolute Gasteiger partial charge is 0.497 e. The number of nitrogen functional groups attached to an aromatic ring is 1. The second-order valence-electron chi connectivity index (χ2n) is 6.54. The fourth-order valence-corrected chi connectivity index (χ4v) is 4.04. The number of anilines is 2. The van der Waals surface area contributed by atoms with Gasteiger partial charge in [0.15, 0.2) is 0 Å². The topological polar surface area (TPSA) is 77.2 Å². The summed E-state index contributed by atoms with van der Waals surface area (Å²) in [5.41, 5.74) is 9.45. The molecule has 2 heterocycles. The van der Waals surface area contributed by atoms with E-state index in [0.29, 0.717) is 26.6 Å². The number of nitrogens with zero attached hydrogens (tertiary/aromatic N) is 1. The number of amides is 1. The van der Waals surface area contributed by atoms with Gasteiger partial charge in [0.2, 0.25) is 0 Å². The SMILES string of the molecule is COc1cccc(-c2ccc3c(N)c(C(=O)Nc4ccc(F)cc4C)sc3n2)c1. The molecule has 7 heteroatoms. The molecule has 0 unspecified atom stereocenters. The second kappa shape index (κ2) is 7.52.